The van der Waals surface area contributed by atoms with Crippen LogP contribution < -0.4 is 27.0 Å². The number of halogens is 3. The largest absolute Gasteiger partial charge is 0.416 e. The molecule has 18 nitrogen and oxygen atoms in total. The molecule has 7 N–H and O–H groups in total. The third kappa shape index (κ3) is 15.9. The van der Waals surface area contributed by atoms with E-state index in [9.17, 15) is 47.0 Å². The zero-order valence-corrected chi connectivity index (χ0v) is 48.0. The van der Waals surface area contributed by atoms with E-state index in [4.69, 9.17) is 5.73 Å². The van der Waals surface area contributed by atoms with Gasteiger partial charge in [-0.3, -0.25) is 33.4 Å². The highest BCUT2D eigenvalue weighted by atomic mass is 32.1. The molecule has 8 rings (SSSR count). The number of anilines is 3. The highest BCUT2D eigenvalue weighted by Gasteiger charge is 2.44. The number of aliphatic hydroxyl groups is 1. The van der Waals surface area contributed by atoms with Crippen LogP contribution in [0.5, 0.6) is 0 Å². The number of nitrogens with two attached hydrogens (primary N) is 1. The molecule has 4 heterocycles. The number of fused-ring (bicyclic) bond motifs is 1. The zero-order chi connectivity index (χ0) is 59.6. The molecule has 0 aliphatic carbocycles. The zero-order valence-electron chi connectivity index (χ0n) is 47.1. The average molecular weight is 1160 g/mol. The Labute approximate surface area is 483 Å². The molecule has 5 amide bonds. The molecule has 1 fully saturated rings. The Balaban J connectivity index is 0.790. The number of benzene rings is 4. The van der Waals surface area contributed by atoms with E-state index in [1.165, 1.54) is 39.5 Å². The fraction of sp³-hybridized carbons (Fsp3) is 0.393. The lowest BCUT2D eigenvalue weighted by atomic mass is 9.85. The Hall–Kier alpha value is -8.24. The van der Waals surface area contributed by atoms with Crippen LogP contribution in [0.4, 0.5) is 30.4 Å². The number of nitrogens with zero attached hydrogens (tertiary/aromatic N) is 6. The van der Waals surface area contributed by atoms with Crippen LogP contribution in [0.1, 0.15) is 129 Å². The van der Waals surface area contributed by atoms with Gasteiger partial charge in [0.2, 0.25) is 29.5 Å². The monoisotopic (exact) mass is 1160 g/mol. The lowest BCUT2D eigenvalue weighted by Gasteiger charge is -2.35. The van der Waals surface area contributed by atoms with Gasteiger partial charge in [-0.05, 0) is 103 Å². The predicted octanol–water partition coefficient (Wildman–Crippen LogP) is 10.5. The Morgan fingerprint density at radius 2 is 1.47 bits per heavy atom. The highest BCUT2D eigenvalue weighted by molar-refractivity contribution is 7.13. The van der Waals surface area contributed by atoms with E-state index in [0.717, 1.165) is 66.3 Å². The molecule has 1 aliphatic rings. The summed E-state index contributed by atoms with van der Waals surface area (Å²) in [6, 6.07) is 21.2. The van der Waals surface area contributed by atoms with Crippen LogP contribution >= 0.6 is 11.3 Å². The number of aromatic nitrogens is 5. The second-order valence-electron chi connectivity index (χ2n) is 22.2. The first-order valence-electron chi connectivity index (χ1n) is 27.8. The molecule has 3 atom stereocenters. The van der Waals surface area contributed by atoms with Crippen molar-refractivity contribution in [2.75, 3.05) is 22.9 Å². The first kappa shape index (κ1) is 60.8. The summed E-state index contributed by atoms with van der Waals surface area (Å²) >= 11 is 1.56. The number of nitrogen functional groups attached to an aromatic ring is 1. The van der Waals surface area contributed by atoms with Crippen LogP contribution in [0.15, 0.2) is 103 Å². The SMILES string of the molecule is Cc1ccc(NC(=O)Cn2cc(-c3ccc4c(NC(=O)c5ccc(N)cc5)nn(C(=O)CCCCCCCCCCC(=O)N[C@@H](C(=O)N5C[C@H](O)C[C@H]5C(=O)NCc5ccc(-c6scnc6C)cc5)C(C)(C)C)c4c3)cn2)cc1C(F)(F)F. The maximum absolute atomic E-state index is 14.1. The maximum atomic E-state index is 14.1. The van der Waals surface area contributed by atoms with Gasteiger partial charge in [-0.25, -0.2) is 4.98 Å². The molecule has 1 saturated heterocycles. The predicted molar refractivity (Wildman–Crippen MR) is 313 cm³/mol. The average Bonchev–Trinajstić information content (AvgIpc) is 3.06. The number of carbonyl (C=O) groups excluding carboxylic acids is 6. The number of hydrogen-bond donors (Lipinski definition) is 6. The minimum atomic E-state index is -4.58. The summed E-state index contributed by atoms with van der Waals surface area (Å²) in [6.45, 7) is 8.82. The lowest BCUT2D eigenvalue weighted by Crippen LogP contribution is -2.57. The van der Waals surface area contributed by atoms with E-state index in [0.29, 0.717) is 46.1 Å². The van der Waals surface area contributed by atoms with Crippen molar-refractivity contribution in [3.05, 3.63) is 131 Å². The summed E-state index contributed by atoms with van der Waals surface area (Å²) in [4.78, 5) is 87.9. The number of amides is 5. The molecule has 0 spiro atoms. The number of β-amino-alcohol motifs (C(OH)–C–C–N with tert-alkyl or cyclic N) is 1. The molecule has 0 radical (unpaired) electrons. The summed E-state index contributed by atoms with van der Waals surface area (Å²) in [7, 11) is 0. The van der Waals surface area contributed by atoms with Crippen LogP contribution in [-0.2, 0) is 38.4 Å². The molecule has 1 aliphatic heterocycles. The Bertz CT molecular complexity index is 3460. The molecule has 0 saturated carbocycles. The number of alkyl halides is 3. The van der Waals surface area contributed by atoms with Crippen molar-refractivity contribution in [2.45, 2.75) is 143 Å². The number of rotatable bonds is 23. The molecular weight excluding hydrogens is 1090 g/mol. The third-order valence-electron chi connectivity index (χ3n) is 14.7. The Kier molecular flexibility index (Phi) is 19.6. The van der Waals surface area contributed by atoms with Crippen LogP contribution in [0.25, 0.3) is 32.5 Å². The molecule has 4 aromatic carbocycles. The van der Waals surface area contributed by atoms with Crippen molar-refractivity contribution in [1.29, 1.82) is 0 Å². The minimum absolute atomic E-state index is 0.00289. The number of thiazole rings is 1. The molecule has 0 bridgehead atoms. The van der Waals surface area contributed by atoms with Gasteiger partial charge in [0.25, 0.3) is 5.91 Å². The van der Waals surface area contributed by atoms with Gasteiger partial charge in [0.15, 0.2) is 5.82 Å². The molecule has 3 aromatic heterocycles. The van der Waals surface area contributed by atoms with Crippen LogP contribution in [0, 0.1) is 19.3 Å². The van der Waals surface area contributed by atoms with Crippen molar-refractivity contribution in [3.63, 3.8) is 0 Å². The number of likely N-dealkylation sites (tertiary alicyclic amines) is 1. The fourth-order valence-corrected chi connectivity index (χ4v) is 10.9. The second kappa shape index (κ2) is 26.8. The standard InChI is InChI=1S/C61H70F3N11O7S/c1-37-16-26-45(29-48(37)61(62,63)64)69-52(78)35-73-33-43(32-68-73)42-23-27-47-49(28-42)75(72-56(47)71-57(80)41-21-24-44(65)25-22-41)53(79)15-13-11-9-7-6-8-10-12-14-51(77)70-55(60(3,4)5)59(82)74-34-46(76)30-50(74)58(81)66-31-39-17-19-40(20-18-39)54-38(2)67-36-83-54/h16-29,32-33,36,46,50,55,76H,6-15,30-31,34-35,65H2,1-5H3,(H,66,81)(H,69,78)(H,70,77)(H,71,72,80)/t46-,50+,55+/m1/s1. The highest BCUT2D eigenvalue weighted by Crippen LogP contribution is 2.35. The number of unbranched alkanes of at least 4 members (excludes halogenated alkanes) is 7. The number of hydrogen-bond acceptors (Lipinski definition) is 12. The molecule has 0 unspecified atom stereocenters. The van der Waals surface area contributed by atoms with Crippen molar-refractivity contribution in [2.24, 2.45) is 5.41 Å². The van der Waals surface area contributed by atoms with E-state index >= 15 is 0 Å². The second-order valence-corrected chi connectivity index (χ2v) is 23.1. The van der Waals surface area contributed by atoms with Gasteiger partial charge in [-0.1, -0.05) is 95.7 Å². The molecular formula is C61H70F3N11O7S. The minimum Gasteiger partial charge on any atom is -0.399 e. The summed E-state index contributed by atoms with van der Waals surface area (Å²) in [6.07, 6.45) is 4.57. The van der Waals surface area contributed by atoms with E-state index < -0.39 is 53.1 Å². The maximum Gasteiger partial charge on any atom is 0.416 e. The first-order chi connectivity index (χ1) is 39.5. The van der Waals surface area contributed by atoms with Crippen molar-refractivity contribution < 1.29 is 47.0 Å². The summed E-state index contributed by atoms with van der Waals surface area (Å²) in [5, 5.41) is 31.2. The molecule has 7 aromatic rings. The van der Waals surface area contributed by atoms with E-state index in [1.54, 1.807) is 65.5 Å². The van der Waals surface area contributed by atoms with Gasteiger partial charge >= 0.3 is 6.18 Å². The van der Waals surface area contributed by atoms with Crippen LogP contribution in [-0.4, -0.2) is 94.7 Å². The Morgan fingerprint density at radius 3 is 2.13 bits per heavy atom. The smallest absolute Gasteiger partial charge is 0.399 e. The number of carbonyl (C=O) groups is 6. The van der Waals surface area contributed by atoms with E-state index in [1.807, 2.05) is 52.0 Å². The number of nitrogens with one attached hydrogen (secondary N) is 4. The normalized spacial score (nSPS) is 14.8. The summed E-state index contributed by atoms with van der Waals surface area (Å²) in [5.41, 5.74) is 11.5. The van der Waals surface area contributed by atoms with Gasteiger partial charge in [-0.15, -0.1) is 16.4 Å². The Morgan fingerprint density at radius 1 is 0.795 bits per heavy atom. The number of aryl methyl sites for hydroxylation is 2. The van der Waals surface area contributed by atoms with Gasteiger partial charge in [-0.2, -0.15) is 23.0 Å². The fourth-order valence-electron chi connectivity index (χ4n) is 10.1. The number of aliphatic hydroxyl groups excluding tert-OH is 1. The summed E-state index contributed by atoms with van der Waals surface area (Å²) < 4.78 is 43.1. The summed E-state index contributed by atoms with van der Waals surface area (Å²) in [5.74, 6) is -2.19. The van der Waals surface area contributed by atoms with Gasteiger partial charge < -0.3 is 37.0 Å². The van der Waals surface area contributed by atoms with Crippen molar-refractivity contribution in [1.82, 2.24) is 40.1 Å². The van der Waals surface area contributed by atoms with Gasteiger partial charge in [0.1, 0.15) is 18.6 Å². The van der Waals surface area contributed by atoms with E-state index in [2.05, 4.69) is 36.4 Å². The van der Waals surface area contributed by atoms with Crippen molar-refractivity contribution >= 4 is 74.9 Å². The third-order valence-corrected chi connectivity index (χ3v) is 15.7. The lowest BCUT2D eigenvalue weighted by molar-refractivity contribution is -0.144. The van der Waals surface area contributed by atoms with Gasteiger partial charge in [0.05, 0.1) is 39.5 Å². The van der Waals surface area contributed by atoms with Crippen molar-refractivity contribution in [3.8, 4) is 21.6 Å². The van der Waals surface area contributed by atoms with Gasteiger partial charge in [0, 0.05) is 66.4 Å². The topological polar surface area (TPSA) is 249 Å². The van der Waals surface area contributed by atoms with Crippen LogP contribution in [0.3, 0.4) is 0 Å². The van der Waals surface area contributed by atoms with Crippen LogP contribution in [0.2, 0.25) is 0 Å². The molecule has 83 heavy (non-hydrogen) atoms. The molecule has 438 valence electrons. The quantitative estimate of drug-likeness (QED) is 0.0260. The first-order valence-corrected chi connectivity index (χ1v) is 28.7. The van der Waals surface area contributed by atoms with E-state index in [-0.39, 0.29) is 73.7 Å². The molecule has 22 heteroatoms.